The van der Waals surface area contributed by atoms with Crippen molar-refractivity contribution in [3.05, 3.63) is 59.3 Å². The van der Waals surface area contributed by atoms with Crippen LogP contribution in [0.2, 0.25) is 0 Å². The highest BCUT2D eigenvalue weighted by Gasteiger charge is 2.19. The van der Waals surface area contributed by atoms with Gasteiger partial charge in [-0.25, -0.2) is 14.8 Å². The van der Waals surface area contributed by atoms with Crippen LogP contribution in [0.4, 0.5) is 0 Å². The molecule has 1 aromatic heterocycles. The Bertz CT molecular complexity index is 873. The van der Waals surface area contributed by atoms with Crippen LogP contribution in [0.25, 0.3) is 22.3 Å². The fourth-order valence-electron chi connectivity index (χ4n) is 2.65. The Morgan fingerprint density at radius 2 is 1.83 bits per heavy atom. The van der Waals surface area contributed by atoms with E-state index in [0.717, 1.165) is 27.7 Å². The van der Waals surface area contributed by atoms with E-state index < -0.39 is 5.97 Å². The second-order valence-electron chi connectivity index (χ2n) is 5.46. The van der Waals surface area contributed by atoms with Crippen LogP contribution < -0.4 is 0 Å². The summed E-state index contributed by atoms with van der Waals surface area (Å²) in [5, 5.41) is 0. The van der Waals surface area contributed by atoms with Crippen molar-refractivity contribution in [2.75, 3.05) is 6.61 Å². The van der Waals surface area contributed by atoms with Crippen LogP contribution in [-0.4, -0.2) is 22.5 Å². The summed E-state index contributed by atoms with van der Waals surface area (Å²) in [5.74, 6) is -0.444. The number of esters is 1. The molecule has 116 valence electrons. The molecule has 0 atom stereocenters. The van der Waals surface area contributed by atoms with E-state index in [1.165, 1.54) is 0 Å². The molecule has 0 radical (unpaired) electrons. The van der Waals surface area contributed by atoms with Gasteiger partial charge in [0.05, 0.1) is 17.6 Å². The van der Waals surface area contributed by atoms with E-state index in [1.807, 2.05) is 56.3 Å². The van der Waals surface area contributed by atoms with Crippen molar-refractivity contribution in [1.82, 2.24) is 9.97 Å². The number of aryl methyl sites for hydroxylation is 2. The molecular weight excluding hydrogens is 288 g/mol. The summed E-state index contributed by atoms with van der Waals surface area (Å²) in [5.41, 5.74) is 5.31. The van der Waals surface area contributed by atoms with Gasteiger partial charge in [-0.1, -0.05) is 36.4 Å². The van der Waals surface area contributed by atoms with Gasteiger partial charge in [0.1, 0.15) is 5.69 Å². The van der Waals surface area contributed by atoms with Crippen molar-refractivity contribution in [3.8, 4) is 11.3 Å². The zero-order chi connectivity index (χ0) is 16.4. The lowest BCUT2D eigenvalue weighted by Gasteiger charge is -2.11. The largest absolute Gasteiger partial charge is 0.461 e. The first-order valence-electron chi connectivity index (χ1n) is 7.61. The summed E-state index contributed by atoms with van der Waals surface area (Å²) in [6.07, 6.45) is 0. The fraction of sp³-hybridized carbons (Fsp3) is 0.211. The summed E-state index contributed by atoms with van der Waals surface area (Å²) in [7, 11) is 0. The molecule has 0 fully saturated rings. The van der Waals surface area contributed by atoms with E-state index in [1.54, 1.807) is 6.92 Å². The monoisotopic (exact) mass is 306 g/mol. The topological polar surface area (TPSA) is 52.1 Å². The molecule has 0 saturated heterocycles. The first-order chi connectivity index (χ1) is 11.1. The zero-order valence-corrected chi connectivity index (χ0v) is 13.5. The molecular formula is C19H18N2O2. The number of aromatic nitrogens is 2. The normalized spacial score (nSPS) is 10.7. The second-order valence-corrected chi connectivity index (χ2v) is 5.46. The van der Waals surface area contributed by atoms with Crippen LogP contribution in [0.5, 0.6) is 0 Å². The van der Waals surface area contributed by atoms with Gasteiger partial charge in [0.25, 0.3) is 0 Å². The lowest BCUT2D eigenvalue weighted by Crippen LogP contribution is -2.11. The number of carbonyl (C=O) groups is 1. The van der Waals surface area contributed by atoms with E-state index in [2.05, 4.69) is 4.98 Å². The molecule has 2 aromatic carbocycles. The molecule has 0 unspecified atom stereocenters. The first-order valence-corrected chi connectivity index (χ1v) is 7.61. The molecule has 4 heteroatoms. The van der Waals surface area contributed by atoms with Gasteiger partial charge in [-0.2, -0.15) is 0 Å². The molecule has 0 aliphatic heterocycles. The van der Waals surface area contributed by atoms with Crippen LogP contribution in [0.1, 0.15) is 28.5 Å². The van der Waals surface area contributed by atoms with Gasteiger partial charge in [-0.15, -0.1) is 0 Å². The van der Waals surface area contributed by atoms with Crippen LogP contribution in [-0.2, 0) is 4.74 Å². The maximum absolute atomic E-state index is 12.3. The maximum Gasteiger partial charge on any atom is 0.359 e. The van der Waals surface area contributed by atoms with Crippen molar-refractivity contribution in [3.63, 3.8) is 0 Å². The van der Waals surface area contributed by atoms with Crippen LogP contribution in [0, 0.1) is 13.8 Å². The number of nitrogens with zero attached hydrogens (tertiary/aromatic N) is 2. The Labute approximate surface area is 135 Å². The summed E-state index contributed by atoms with van der Waals surface area (Å²) in [6, 6.07) is 13.6. The third kappa shape index (κ3) is 2.93. The molecule has 3 rings (SSSR count). The van der Waals surface area contributed by atoms with E-state index in [-0.39, 0.29) is 5.69 Å². The summed E-state index contributed by atoms with van der Waals surface area (Å²) < 4.78 is 5.16. The minimum Gasteiger partial charge on any atom is -0.461 e. The van der Waals surface area contributed by atoms with Crippen LogP contribution >= 0.6 is 0 Å². The predicted octanol–water partition coefficient (Wildman–Crippen LogP) is 4.09. The number of hydrogen-bond acceptors (Lipinski definition) is 4. The maximum atomic E-state index is 12.3. The van der Waals surface area contributed by atoms with Gasteiger partial charge >= 0.3 is 5.97 Å². The number of rotatable bonds is 3. The van der Waals surface area contributed by atoms with Gasteiger partial charge in [-0.3, -0.25) is 0 Å². The van der Waals surface area contributed by atoms with Gasteiger partial charge in [0, 0.05) is 5.56 Å². The molecule has 3 aromatic rings. The minimum absolute atomic E-state index is 0.262. The molecule has 1 heterocycles. The highest BCUT2D eigenvalue weighted by Crippen LogP contribution is 2.26. The SMILES string of the molecule is CCOC(=O)c1nc2c(C)cc(C)cc2nc1-c1ccccc1. The lowest BCUT2D eigenvalue weighted by atomic mass is 10.1. The average Bonchev–Trinajstić information content (AvgIpc) is 2.54. The number of carbonyl (C=O) groups excluding carboxylic acids is 1. The second kappa shape index (κ2) is 6.16. The number of hydrogen-bond donors (Lipinski definition) is 0. The van der Waals surface area contributed by atoms with Gasteiger partial charge in [0.2, 0.25) is 0 Å². The molecule has 23 heavy (non-hydrogen) atoms. The third-order valence-electron chi connectivity index (χ3n) is 3.62. The standard InChI is InChI=1S/C19H18N2O2/c1-4-23-19(22)18-17(14-8-6-5-7-9-14)20-15-11-12(2)10-13(3)16(15)21-18/h5-11H,4H2,1-3H3. The lowest BCUT2D eigenvalue weighted by molar-refractivity contribution is 0.0520. The van der Waals surface area contributed by atoms with Crippen LogP contribution in [0.15, 0.2) is 42.5 Å². The minimum atomic E-state index is -0.444. The Morgan fingerprint density at radius 3 is 2.52 bits per heavy atom. The highest BCUT2D eigenvalue weighted by molar-refractivity contribution is 5.97. The first kappa shape index (κ1) is 15.2. The summed E-state index contributed by atoms with van der Waals surface area (Å²) in [6.45, 7) is 6.08. The number of fused-ring (bicyclic) bond motifs is 1. The molecule has 0 aliphatic carbocycles. The summed E-state index contributed by atoms with van der Waals surface area (Å²) >= 11 is 0. The number of benzene rings is 2. The van der Waals surface area contributed by atoms with Gasteiger partial charge < -0.3 is 4.74 Å². The van der Waals surface area contributed by atoms with E-state index >= 15 is 0 Å². The predicted molar refractivity (Wildman–Crippen MR) is 90.4 cm³/mol. The zero-order valence-electron chi connectivity index (χ0n) is 13.5. The Balaban J connectivity index is 2.31. The molecule has 0 saturated carbocycles. The van der Waals surface area contributed by atoms with E-state index in [4.69, 9.17) is 9.72 Å². The van der Waals surface area contributed by atoms with Crippen molar-refractivity contribution in [2.45, 2.75) is 20.8 Å². The quantitative estimate of drug-likeness (QED) is 0.684. The molecule has 0 aliphatic rings. The Morgan fingerprint density at radius 1 is 1.09 bits per heavy atom. The van der Waals surface area contributed by atoms with E-state index in [0.29, 0.717) is 12.3 Å². The average molecular weight is 306 g/mol. The molecule has 0 amide bonds. The highest BCUT2D eigenvalue weighted by atomic mass is 16.5. The molecule has 4 nitrogen and oxygen atoms in total. The molecule has 0 bridgehead atoms. The van der Waals surface area contributed by atoms with Crippen molar-refractivity contribution < 1.29 is 9.53 Å². The van der Waals surface area contributed by atoms with Crippen molar-refractivity contribution >= 4 is 17.0 Å². The van der Waals surface area contributed by atoms with Crippen LogP contribution in [0.3, 0.4) is 0 Å². The Hall–Kier alpha value is -2.75. The smallest absolute Gasteiger partial charge is 0.359 e. The van der Waals surface area contributed by atoms with Gasteiger partial charge in [0.15, 0.2) is 5.69 Å². The molecule has 0 N–H and O–H groups in total. The molecule has 0 spiro atoms. The number of ether oxygens (including phenoxy) is 1. The van der Waals surface area contributed by atoms with E-state index in [9.17, 15) is 4.79 Å². The van der Waals surface area contributed by atoms with Crippen molar-refractivity contribution in [1.29, 1.82) is 0 Å². The van der Waals surface area contributed by atoms with Gasteiger partial charge in [-0.05, 0) is 38.0 Å². The summed E-state index contributed by atoms with van der Waals surface area (Å²) in [4.78, 5) is 21.6. The fourth-order valence-corrected chi connectivity index (χ4v) is 2.65. The Kier molecular flexibility index (Phi) is 4.06. The third-order valence-corrected chi connectivity index (χ3v) is 3.62. The van der Waals surface area contributed by atoms with Crippen molar-refractivity contribution in [2.24, 2.45) is 0 Å².